The van der Waals surface area contributed by atoms with Gasteiger partial charge >= 0.3 is 0 Å². The molecule has 2 heterocycles. The maximum atomic E-state index is 13.2. The number of ether oxygens (including phenoxy) is 1. The van der Waals surface area contributed by atoms with Gasteiger partial charge in [-0.05, 0) is 50.6 Å². The average molecular weight is 490 g/mol. The molecule has 5 nitrogen and oxygen atoms in total. The van der Waals surface area contributed by atoms with Crippen molar-refractivity contribution in [2.45, 2.75) is 44.9 Å². The Morgan fingerprint density at radius 2 is 2.04 bits per heavy atom. The van der Waals surface area contributed by atoms with Gasteiger partial charge in [0.05, 0.1) is 12.6 Å². The Morgan fingerprint density at radius 3 is 2.70 bits per heavy atom. The fourth-order valence-electron chi connectivity index (χ4n) is 4.07. The molecule has 2 aliphatic rings. The third kappa shape index (κ3) is 5.77. The number of likely N-dealkylation sites (tertiary alicyclic amines) is 1. The van der Waals surface area contributed by atoms with Crippen LogP contribution in [0.1, 0.15) is 38.4 Å². The normalized spacial score (nSPS) is 26.7. The number of aliphatic imine (C=N–C) groups is 1. The van der Waals surface area contributed by atoms with Crippen LogP contribution in [0.2, 0.25) is 0 Å². The second-order valence-corrected chi connectivity index (χ2v) is 7.24. The van der Waals surface area contributed by atoms with Gasteiger partial charge in [0, 0.05) is 26.2 Å². The smallest absolute Gasteiger partial charge is 0.193 e. The summed E-state index contributed by atoms with van der Waals surface area (Å²) in [6, 6.07) is 7.20. The highest BCUT2D eigenvalue weighted by atomic mass is 127. The number of nitrogens with one attached hydrogen (secondary N) is 1. The van der Waals surface area contributed by atoms with Crippen LogP contribution in [0.15, 0.2) is 29.3 Å². The van der Waals surface area contributed by atoms with Crippen LogP contribution in [0.3, 0.4) is 0 Å². The summed E-state index contributed by atoms with van der Waals surface area (Å²) in [5, 5.41) is 3.57. The van der Waals surface area contributed by atoms with Crippen LogP contribution in [0.4, 0.5) is 4.39 Å². The largest absolute Gasteiger partial charge is 0.367 e. The van der Waals surface area contributed by atoms with E-state index in [-0.39, 0.29) is 42.0 Å². The monoisotopic (exact) mass is 490 g/mol. The lowest BCUT2D eigenvalue weighted by molar-refractivity contribution is -0.0605. The molecule has 3 rings (SSSR count). The zero-order valence-electron chi connectivity index (χ0n) is 16.5. The lowest BCUT2D eigenvalue weighted by atomic mass is 10.1. The molecule has 152 valence electrons. The molecule has 2 fully saturated rings. The minimum absolute atomic E-state index is 0. The van der Waals surface area contributed by atoms with Gasteiger partial charge in [0.15, 0.2) is 5.96 Å². The lowest BCUT2D eigenvalue weighted by Gasteiger charge is -2.39. The summed E-state index contributed by atoms with van der Waals surface area (Å²) in [6.07, 6.45) is 2.54. The molecular formula is C20H32FIN4O. The zero-order valence-corrected chi connectivity index (χ0v) is 18.9. The summed E-state index contributed by atoms with van der Waals surface area (Å²) in [4.78, 5) is 9.29. The van der Waals surface area contributed by atoms with E-state index in [0.29, 0.717) is 6.04 Å². The van der Waals surface area contributed by atoms with Crippen LogP contribution in [-0.2, 0) is 4.74 Å². The summed E-state index contributed by atoms with van der Waals surface area (Å²) in [7, 11) is 1.83. The number of hydrogen-bond donors (Lipinski definition) is 1. The van der Waals surface area contributed by atoms with Crippen molar-refractivity contribution in [3.05, 3.63) is 35.6 Å². The quantitative estimate of drug-likeness (QED) is 0.400. The maximum absolute atomic E-state index is 13.2. The molecular weight excluding hydrogens is 458 g/mol. The van der Waals surface area contributed by atoms with Gasteiger partial charge in [-0.15, -0.1) is 24.0 Å². The van der Waals surface area contributed by atoms with Crippen molar-refractivity contribution in [1.29, 1.82) is 0 Å². The van der Waals surface area contributed by atoms with Gasteiger partial charge in [-0.3, -0.25) is 9.89 Å². The number of nitrogens with zero attached hydrogens (tertiary/aromatic N) is 3. The van der Waals surface area contributed by atoms with Crippen molar-refractivity contribution in [3.63, 3.8) is 0 Å². The summed E-state index contributed by atoms with van der Waals surface area (Å²) in [5.74, 6) is 0.708. The standard InChI is InChI=1S/C20H31FN4O.HI/c1-4-24-11-5-6-18(24)12-23-20(22-3)25-13-15(2)26-19(14-25)16-7-9-17(21)10-8-16;/h7-10,15,18-19H,4-6,11-14H2,1-3H3,(H,22,23);1H. The number of hydrogen-bond acceptors (Lipinski definition) is 3. The van der Waals surface area contributed by atoms with Crippen LogP contribution in [-0.4, -0.2) is 67.7 Å². The van der Waals surface area contributed by atoms with E-state index in [1.165, 1.54) is 31.5 Å². The molecule has 0 aliphatic carbocycles. The van der Waals surface area contributed by atoms with Gasteiger partial charge in [0.2, 0.25) is 0 Å². The van der Waals surface area contributed by atoms with Crippen LogP contribution < -0.4 is 5.32 Å². The van der Waals surface area contributed by atoms with Crippen molar-refractivity contribution in [1.82, 2.24) is 15.1 Å². The molecule has 1 N–H and O–H groups in total. The number of morpholine rings is 1. The minimum atomic E-state index is -0.219. The second-order valence-electron chi connectivity index (χ2n) is 7.24. The third-order valence-electron chi connectivity index (χ3n) is 5.41. The van der Waals surface area contributed by atoms with E-state index in [4.69, 9.17) is 4.74 Å². The van der Waals surface area contributed by atoms with Gasteiger partial charge in [-0.1, -0.05) is 19.1 Å². The molecule has 2 saturated heterocycles. The summed E-state index contributed by atoms with van der Waals surface area (Å²) < 4.78 is 19.3. The summed E-state index contributed by atoms with van der Waals surface area (Å²) in [5.41, 5.74) is 1.01. The van der Waals surface area contributed by atoms with Crippen molar-refractivity contribution in [2.75, 3.05) is 39.8 Å². The van der Waals surface area contributed by atoms with E-state index < -0.39 is 0 Å². The number of guanidine groups is 1. The highest BCUT2D eigenvalue weighted by Crippen LogP contribution is 2.25. The van der Waals surface area contributed by atoms with Gasteiger partial charge in [-0.25, -0.2) is 4.39 Å². The first-order valence-electron chi connectivity index (χ1n) is 9.71. The highest BCUT2D eigenvalue weighted by Gasteiger charge is 2.29. The molecule has 2 aliphatic heterocycles. The molecule has 1 aromatic carbocycles. The molecule has 0 saturated carbocycles. The molecule has 1 aromatic rings. The van der Waals surface area contributed by atoms with Crippen LogP contribution in [0.5, 0.6) is 0 Å². The number of benzene rings is 1. The van der Waals surface area contributed by atoms with Gasteiger partial charge in [0.25, 0.3) is 0 Å². The van der Waals surface area contributed by atoms with E-state index >= 15 is 0 Å². The topological polar surface area (TPSA) is 40.1 Å². The van der Waals surface area contributed by atoms with Gasteiger partial charge in [0.1, 0.15) is 11.9 Å². The molecule has 7 heteroatoms. The molecule has 0 spiro atoms. The Kier molecular flexibility index (Phi) is 8.75. The fraction of sp³-hybridized carbons (Fsp3) is 0.650. The van der Waals surface area contributed by atoms with Crippen LogP contribution in [0, 0.1) is 5.82 Å². The highest BCUT2D eigenvalue weighted by molar-refractivity contribution is 14.0. The predicted molar refractivity (Wildman–Crippen MR) is 118 cm³/mol. The third-order valence-corrected chi connectivity index (χ3v) is 5.41. The van der Waals surface area contributed by atoms with Crippen molar-refractivity contribution in [2.24, 2.45) is 4.99 Å². The van der Waals surface area contributed by atoms with Crippen LogP contribution >= 0.6 is 24.0 Å². The van der Waals surface area contributed by atoms with Crippen molar-refractivity contribution < 1.29 is 9.13 Å². The Bertz CT molecular complexity index is 613. The van der Waals surface area contributed by atoms with E-state index in [0.717, 1.165) is 37.7 Å². The summed E-state index contributed by atoms with van der Waals surface area (Å²) in [6.45, 7) is 9.05. The lowest BCUT2D eigenvalue weighted by Crippen LogP contribution is -2.52. The number of rotatable bonds is 4. The van der Waals surface area contributed by atoms with Crippen molar-refractivity contribution in [3.8, 4) is 0 Å². The van der Waals surface area contributed by atoms with Crippen LogP contribution in [0.25, 0.3) is 0 Å². The van der Waals surface area contributed by atoms with Crippen molar-refractivity contribution >= 4 is 29.9 Å². The molecule has 3 unspecified atom stereocenters. The average Bonchev–Trinajstić information content (AvgIpc) is 3.10. The number of likely N-dealkylation sites (N-methyl/N-ethyl adjacent to an activating group) is 1. The Balaban J connectivity index is 0.00000261. The molecule has 0 radical (unpaired) electrons. The maximum Gasteiger partial charge on any atom is 0.193 e. The van der Waals surface area contributed by atoms with E-state index in [2.05, 4.69) is 34.0 Å². The Labute approximate surface area is 179 Å². The Morgan fingerprint density at radius 1 is 1.30 bits per heavy atom. The minimum Gasteiger partial charge on any atom is -0.367 e. The zero-order chi connectivity index (χ0) is 18.5. The van der Waals surface area contributed by atoms with Gasteiger partial charge < -0.3 is 15.0 Å². The first kappa shape index (κ1) is 22.4. The second kappa shape index (κ2) is 10.6. The fourth-order valence-corrected chi connectivity index (χ4v) is 4.07. The van der Waals surface area contributed by atoms with E-state index in [1.807, 2.05) is 19.2 Å². The van der Waals surface area contributed by atoms with E-state index in [1.54, 1.807) is 0 Å². The first-order valence-corrected chi connectivity index (χ1v) is 9.71. The molecule has 0 amide bonds. The molecule has 0 bridgehead atoms. The van der Waals surface area contributed by atoms with Gasteiger partial charge in [-0.2, -0.15) is 0 Å². The predicted octanol–water partition coefficient (Wildman–Crippen LogP) is 3.27. The first-order chi connectivity index (χ1) is 12.6. The summed E-state index contributed by atoms with van der Waals surface area (Å²) >= 11 is 0. The number of halogens is 2. The molecule has 0 aromatic heterocycles. The SMILES string of the molecule is CCN1CCCC1CNC(=NC)N1CC(C)OC(c2ccc(F)cc2)C1.I. The molecule has 3 atom stereocenters. The van der Waals surface area contributed by atoms with E-state index in [9.17, 15) is 4.39 Å². The Hall–Kier alpha value is -0.930. The molecule has 27 heavy (non-hydrogen) atoms.